The number of thiophene rings is 1. The average Bonchev–Trinajstić information content (AvgIpc) is 2.72. The van der Waals surface area contributed by atoms with Gasteiger partial charge >= 0.3 is 11.8 Å². The summed E-state index contributed by atoms with van der Waals surface area (Å²) in [4.78, 5) is 21.5. The van der Waals surface area contributed by atoms with Gasteiger partial charge in [0.2, 0.25) is 0 Å². The van der Waals surface area contributed by atoms with E-state index < -0.39 is 11.8 Å². The van der Waals surface area contributed by atoms with Crippen LogP contribution in [0.2, 0.25) is 0 Å². The fourth-order valence-corrected chi connectivity index (χ4v) is 2.62. The van der Waals surface area contributed by atoms with E-state index in [4.69, 9.17) is 5.73 Å². The van der Waals surface area contributed by atoms with Gasteiger partial charge in [-0.3, -0.25) is 9.59 Å². The van der Waals surface area contributed by atoms with Crippen molar-refractivity contribution in [1.82, 2.24) is 5.32 Å². The van der Waals surface area contributed by atoms with Gasteiger partial charge in [-0.15, -0.1) is 11.3 Å². The second kappa shape index (κ2) is 4.97. The highest BCUT2D eigenvalue weighted by Gasteiger charge is 2.08. The van der Waals surface area contributed by atoms with Crippen LogP contribution in [0.5, 0.6) is 0 Å². The Morgan fingerprint density at radius 3 is 2.82 bits per heavy atom. The van der Waals surface area contributed by atoms with Crippen LogP contribution < -0.4 is 11.1 Å². The number of fused-ring (bicyclic) bond motifs is 1. The Kier molecular flexibility index (Phi) is 3.39. The van der Waals surface area contributed by atoms with E-state index in [1.807, 2.05) is 12.1 Å². The lowest BCUT2D eigenvalue weighted by atomic mass is 10.1. The van der Waals surface area contributed by atoms with E-state index in [1.54, 1.807) is 11.3 Å². The van der Waals surface area contributed by atoms with Gasteiger partial charge in [0.1, 0.15) is 0 Å². The summed E-state index contributed by atoms with van der Waals surface area (Å²) in [6, 6.07) is 8.10. The van der Waals surface area contributed by atoms with Gasteiger partial charge in [-0.05, 0) is 28.8 Å². The molecule has 0 radical (unpaired) electrons. The smallest absolute Gasteiger partial charge is 0.309 e. The zero-order valence-electron chi connectivity index (χ0n) is 9.10. The molecule has 0 spiro atoms. The first-order chi connectivity index (χ1) is 8.18. The molecular formula is C12H12N2O2S. The number of carbonyl (C=O) groups excluding carboxylic acids is 2. The average molecular weight is 248 g/mol. The first kappa shape index (κ1) is 11.6. The van der Waals surface area contributed by atoms with Crippen LogP contribution in [0.15, 0.2) is 29.6 Å². The number of benzene rings is 1. The van der Waals surface area contributed by atoms with Crippen molar-refractivity contribution in [3.8, 4) is 0 Å². The predicted octanol–water partition coefficient (Wildman–Crippen LogP) is 1.05. The number of primary amides is 1. The summed E-state index contributed by atoms with van der Waals surface area (Å²) >= 11 is 1.67. The number of hydrogen-bond donors (Lipinski definition) is 2. The molecule has 1 aromatic heterocycles. The molecule has 0 atom stereocenters. The third-order valence-electron chi connectivity index (χ3n) is 2.46. The van der Waals surface area contributed by atoms with E-state index >= 15 is 0 Å². The van der Waals surface area contributed by atoms with Crippen LogP contribution in [0, 0.1) is 0 Å². The molecule has 0 aliphatic carbocycles. The van der Waals surface area contributed by atoms with Crippen LogP contribution in [-0.4, -0.2) is 18.4 Å². The maximum atomic E-state index is 11.0. The Bertz CT molecular complexity index is 562. The van der Waals surface area contributed by atoms with Gasteiger partial charge in [0.15, 0.2) is 0 Å². The molecule has 88 valence electrons. The van der Waals surface area contributed by atoms with E-state index in [9.17, 15) is 9.59 Å². The molecule has 4 nitrogen and oxygen atoms in total. The normalized spacial score (nSPS) is 10.4. The lowest BCUT2D eigenvalue weighted by Gasteiger charge is -2.01. The number of nitrogens with two attached hydrogens (primary N) is 1. The fraction of sp³-hybridized carbons (Fsp3) is 0.167. The Labute approximate surface area is 102 Å². The van der Waals surface area contributed by atoms with Crippen LogP contribution in [0.1, 0.15) is 5.56 Å². The van der Waals surface area contributed by atoms with Crippen LogP contribution in [0.4, 0.5) is 0 Å². The largest absolute Gasteiger partial charge is 0.361 e. The Morgan fingerprint density at radius 1 is 1.29 bits per heavy atom. The molecule has 0 fully saturated rings. The molecule has 1 aromatic carbocycles. The zero-order chi connectivity index (χ0) is 12.3. The maximum Gasteiger partial charge on any atom is 0.309 e. The van der Waals surface area contributed by atoms with Crippen LogP contribution >= 0.6 is 11.3 Å². The summed E-state index contributed by atoms with van der Waals surface area (Å²) in [5.41, 5.74) is 6.01. The Balaban J connectivity index is 2.00. The third-order valence-corrected chi connectivity index (χ3v) is 3.48. The van der Waals surface area contributed by atoms with Crippen molar-refractivity contribution in [2.45, 2.75) is 6.42 Å². The van der Waals surface area contributed by atoms with Crippen molar-refractivity contribution < 1.29 is 9.59 Å². The van der Waals surface area contributed by atoms with Crippen molar-refractivity contribution in [2.24, 2.45) is 5.73 Å². The molecule has 17 heavy (non-hydrogen) atoms. The first-order valence-electron chi connectivity index (χ1n) is 5.21. The van der Waals surface area contributed by atoms with Gasteiger partial charge in [0.25, 0.3) is 0 Å². The molecule has 0 saturated carbocycles. The highest BCUT2D eigenvalue weighted by molar-refractivity contribution is 7.17. The minimum Gasteiger partial charge on any atom is -0.361 e. The number of nitrogens with one attached hydrogen (secondary N) is 1. The summed E-state index contributed by atoms with van der Waals surface area (Å²) in [6.07, 6.45) is 0.697. The highest BCUT2D eigenvalue weighted by atomic mass is 32.1. The van der Waals surface area contributed by atoms with Crippen molar-refractivity contribution in [1.29, 1.82) is 0 Å². The molecule has 0 aliphatic rings. The van der Waals surface area contributed by atoms with Gasteiger partial charge in [0.05, 0.1) is 0 Å². The summed E-state index contributed by atoms with van der Waals surface area (Å²) in [7, 11) is 0. The minimum absolute atomic E-state index is 0.419. The molecule has 3 N–H and O–H groups in total. The molecule has 0 saturated heterocycles. The molecule has 2 amide bonds. The van der Waals surface area contributed by atoms with E-state index in [1.165, 1.54) is 15.6 Å². The molecule has 2 aromatic rings. The van der Waals surface area contributed by atoms with Gasteiger partial charge in [0, 0.05) is 11.2 Å². The van der Waals surface area contributed by atoms with E-state index in [0.29, 0.717) is 13.0 Å². The second-order valence-corrected chi connectivity index (χ2v) is 4.54. The molecule has 2 rings (SSSR count). The van der Waals surface area contributed by atoms with Gasteiger partial charge < -0.3 is 11.1 Å². The van der Waals surface area contributed by atoms with E-state index in [-0.39, 0.29) is 0 Å². The second-order valence-electron chi connectivity index (χ2n) is 3.63. The van der Waals surface area contributed by atoms with Crippen molar-refractivity contribution in [2.75, 3.05) is 6.54 Å². The standard InChI is InChI=1S/C12H12N2O2S/c13-11(15)12(16)14-6-5-8-7-17-10-4-2-1-3-9(8)10/h1-4,7H,5-6H2,(H2,13,15)(H,14,16). The molecule has 0 bridgehead atoms. The summed E-state index contributed by atoms with van der Waals surface area (Å²) < 4.78 is 1.23. The van der Waals surface area contributed by atoms with E-state index in [0.717, 1.165) is 0 Å². The number of rotatable bonds is 3. The fourth-order valence-electron chi connectivity index (χ4n) is 1.62. The number of carbonyl (C=O) groups is 2. The summed E-state index contributed by atoms with van der Waals surface area (Å²) in [5, 5.41) is 5.75. The molecule has 5 heteroatoms. The van der Waals surface area contributed by atoms with Gasteiger partial charge in [-0.25, -0.2) is 0 Å². The predicted molar refractivity (Wildman–Crippen MR) is 67.7 cm³/mol. The highest BCUT2D eigenvalue weighted by Crippen LogP contribution is 2.25. The molecule has 0 unspecified atom stereocenters. The molecule has 1 heterocycles. The monoisotopic (exact) mass is 248 g/mol. The molecular weight excluding hydrogens is 236 g/mol. The number of hydrogen-bond acceptors (Lipinski definition) is 3. The molecule has 0 aliphatic heterocycles. The van der Waals surface area contributed by atoms with Gasteiger partial charge in [-0.1, -0.05) is 18.2 Å². The zero-order valence-corrected chi connectivity index (χ0v) is 9.92. The van der Waals surface area contributed by atoms with Gasteiger partial charge in [-0.2, -0.15) is 0 Å². The van der Waals surface area contributed by atoms with Crippen molar-refractivity contribution in [3.63, 3.8) is 0 Å². The third kappa shape index (κ3) is 2.62. The lowest BCUT2D eigenvalue weighted by Crippen LogP contribution is -2.36. The van der Waals surface area contributed by atoms with Crippen LogP contribution in [0.3, 0.4) is 0 Å². The Hall–Kier alpha value is -1.88. The van der Waals surface area contributed by atoms with Crippen molar-refractivity contribution in [3.05, 3.63) is 35.2 Å². The Morgan fingerprint density at radius 2 is 2.06 bits per heavy atom. The summed E-state index contributed by atoms with van der Waals surface area (Å²) in [6.45, 7) is 0.419. The van der Waals surface area contributed by atoms with Crippen molar-refractivity contribution >= 4 is 33.2 Å². The van der Waals surface area contributed by atoms with Crippen LogP contribution in [-0.2, 0) is 16.0 Å². The SMILES string of the molecule is NC(=O)C(=O)NCCc1csc2ccccc12. The number of amides is 2. The summed E-state index contributed by atoms with van der Waals surface area (Å²) in [5.74, 6) is -1.68. The topological polar surface area (TPSA) is 72.2 Å². The maximum absolute atomic E-state index is 11.0. The van der Waals surface area contributed by atoms with E-state index in [2.05, 4.69) is 22.8 Å². The minimum atomic E-state index is -0.944. The quantitative estimate of drug-likeness (QED) is 0.797. The van der Waals surface area contributed by atoms with Crippen LogP contribution in [0.25, 0.3) is 10.1 Å². The lowest BCUT2D eigenvalue weighted by molar-refractivity contribution is -0.137. The first-order valence-corrected chi connectivity index (χ1v) is 6.09.